The first-order chi connectivity index (χ1) is 10.3. The molecule has 21 heavy (non-hydrogen) atoms. The zero-order valence-electron chi connectivity index (χ0n) is 11.5. The maximum atomic E-state index is 12.4. The first-order valence-corrected chi connectivity index (χ1v) is 7.47. The summed E-state index contributed by atoms with van der Waals surface area (Å²) >= 11 is 1.56. The minimum absolute atomic E-state index is 0.249. The highest BCUT2D eigenvalue weighted by Crippen LogP contribution is 2.25. The highest BCUT2D eigenvalue weighted by atomic mass is 32.2. The minimum Gasteiger partial charge on any atom is -0.384 e. The van der Waals surface area contributed by atoms with Crippen molar-refractivity contribution in [2.45, 2.75) is 4.90 Å². The van der Waals surface area contributed by atoms with Crippen molar-refractivity contribution >= 4 is 23.4 Å². The molecule has 1 heterocycles. The van der Waals surface area contributed by atoms with Gasteiger partial charge in [0.1, 0.15) is 6.61 Å². The Morgan fingerprint density at radius 1 is 1.38 bits per heavy atom. The van der Waals surface area contributed by atoms with Crippen LogP contribution in [0.5, 0.6) is 0 Å². The number of aromatic nitrogens is 1. The molecule has 0 spiro atoms. The van der Waals surface area contributed by atoms with E-state index in [0.717, 1.165) is 10.6 Å². The Balaban J connectivity index is 2.29. The Morgan fingerprint density at radius 3 is 2.95 bits per heavy atom. The molecule has 0 fully saturated rings. The van der Waals surface area contributed by atoms with Crippen molar-refractivity contribution in [1.29, 1.82) is 0 Å². The number of hydrogen-bond acceptors (Lipinski definition) is 4. The van der Waals surface area contributed by atoms with Gasteiger partial charge >= 0.3 is 0 Å². The van der Waals surface area contributed by atoms with Crippen LogP contribution in [0.3, 0.4) is 0 Å². The van der Waals surface area contributed by atoms with Gasteiger partial charge in [-0.2, -0.15) is 0 Å². The molecule has 0 saturated carbocycles. The number of pyridine rings is 1. The van der Waals surface area contributed by atoms with E-state index in [4.69, 9.17) is 5.11 Å². The van der Waals surface area contributed by atoms with Gasteiger partial charge in [0.2, 0.25) is 0 Å². The molecule has 1 aromatic heterocycles. The molecule has 1 amide bonds. The lowest BCUT2D eigenvalue weighted by Crippen LogP contribution is -2.14. The summed E-state index contributed by atoms with van der Waals surface area (Å²) in [6, 6.07) is 9.20. The molecule has 0 atom stereocenters. The second kappa shape index (κ2) is 7.48. The van der Waals surface area contributed by atoms with Gasteiger partial charge in [0.15, 0.2) is 0 Å². The number of carbonyl (C=O) groups excluding carboxylic acids is 1. The monoisotopic (exact) mass is 298 g/mol. The highest BCUT2D eigenvalue weighted by Gasteiger charge is 2.12. The third kappa shape index (κ3) is 3.85. The first kappa shape index (κ1) is 15.1. The van der Waals surface area contributed by atoms with Crippen molar-refractivity contribution in [3.63, 3.8) is 0 Å². The fraction of sp³-hybridized carbons (Fsp3) is 0.125. The number of hydrogen-bond donors (Lipinski definition) is 2. The second-order valence-corrected chi connectivity index (χ2v) is 4.88. The SMILES string of the molecule is CSc1ccccc1NC(=O)c1ccncc1C#CCO. The molecule has 0 aliphatic carbocycles. The van der Waals surface area contributed by atoms with Crippen LogP contribution in [-0.4, -0.2) is 28.9 Å². The molecule has 0 aliphatic rings. The summed E-state index contributed by atoms with van der Waals surface area (Å²) in [6.45, 7) is -0.259. The number of para-hydroxylation sites is 1. The van der Waals surface area contributed by atoms with Crippen LogP contribution in [-0.2, 0) is 0 Å². The summed E-state index contributed by atoms with van der Waals surface area (Å²) in [5.74, 6) is 5.01. The molecule has 106 valence electrons. The number of aliphatic hydroxyl groups excluding tert-OH is 1. The summed E-state index contributed by atoms with van der Waals surface area (Å²) in [5.41, 5.74) is 1.68. The van der Waals surface area contributed by atoms with Gasteiger partial charge in [-0.1, -0.05) is 24.0 Å². The van der Waals surface area contributed by atoms with E-state index < -0.39 is 0 Å². The maximum absolute atomic E-state index is 12.4. The van der Waals surface area contributed by atoms with E-state index >= 15 is 0 Å². The molecule has 2 N–H and O–H groups in total. The fourth-order valence-corrected chi connectivity index (χ4v) is 2.32. The first-order valence-electron chi connectivity index (χ1n) is 6.24. The number of thioether (sulfide) groups is 1. The van der Waals surface area contributed by atoms with Gasteiger partial charge in [-0.25, -0.2) is 0 Å². The van der Waals surface area contributed by atoms with Crippen molar-refractivity contribution in [3.8, 4) is 11.8 Å². The number of nitrogens with zero attached hydrogens (tertiary/aromatic N) is 1. The normalized spacial score (nSPS) is 9.62. The van der Waals surface area contributed by atoms with Gasteiger partial charge in [0.25, 0.3) is 5.91 Å². The fourth-order valence-electron chi connectivity index (χ4n) is 1.76. The minimum atomic E-state index is -0.259. The summed E-state index contributed by atoms with van der Waals surface area (Å²) in [6.07, 6.45) is 5.01. The zero-order valence-corrected chi connectivity index (χ0v) is 12.3. The lowest BCUT2D eigenvalue weighted by atomic mass is 10.1. The third-order valence-electron chi connectivity index (χ3n) is 2.72. The topological polar surface area (TPSA) is 62.2 Å². The van der Waals surface area contributed by atoms with E-state index in [1.54, 1.807) is 24.0 Å². The van der Waals surface area contributed by atoms with Crippen molar-refractivity contribution in [2.24, 2.45) is 0 Å². The lowest BCUT2D eigenvalue weighted by molar-refractivity contribution is 0.102. The van der Waals surface area contributed by atoms with Crippen LogP contribution >= 0.6 is 11.8 Å². The van der Waals surface area contributed by atoms with E-state index in [2.05, 4.69) is 22.1 Å². The maximum Gasteiger partial charge on any atom is 0.257 e. The quantitative estimate of drug-likeness (QED) is 0.675. The smallest absolute Gasteiger partial charge is 0.257 e. The Labute approximate surface area is 127 Å². The predicted octanol–water partition coefficient (Wildman–Crippen LogP) is 2.40. The molecule has 2 aromatic rings. The average Bonchev–Trinajstić information content (AvgIpc) is 2.53. The predicted molar refractivity (Wildman–Crippen MR) is 84.4 cm³/mol. The standard InChI is InChI=1S/C16H14N2O2S/c1-21-15-7-3-2-6-14(15)18-16(20)13-8-9-17-11-12(13)5-4-10-19/h2-3,6-9,11,19H,10H2,1H3,(H,18,20). The van der Waals surface area contributed by atoms with Crippen LogP contribution < -0.4 is 5.32 Å². The number of rotatable bonds is 3. The van der Waals surface area contributed by atoms with Crippen LogP contribution in [0, 0.1) is 11.8 Å². The Hall–Kier alpha value is -2.29. The Kier molecular flexibility index (Phi) is 5.38. The number of benzene rings is 1. The van der Waals surface area contributed by atoms with Crippen LogP contribution in [0.15, 0.2) is 47.6 Å². The van der Waals surface area contributed by atoms with Crippen LogP contribution in [0.4, 0.5) is 5.69 Å². The van der Waals surface area contributed by atoms with E-state index in [1.807, 2.05) is 30.5 Å². The molecular formula is C16H14N2O2S. The number of nitrogens with one attached hydrogen (secondary N) is 1. The van der Waals surface area contributed by atoms with Crippen molar-refractivity contribution < 1.29 is 9.90 Å². The van der Waals surface area contributed by atoms with Crippen molar-refractivity contribution in [1.82, 2.24) is 4.98 Å². The van der Waals surface area contributed by atoms with Crippen molar-refractivity contribution in [2.75, 3.05) is 18.2 Å². The molecule has 0 aliphatic heterocycles. The Morgan fingerprint density at radius 2 is 2.19 bits per heavy atom. The van der Waals surface area contributed by atoms with Gasteiger partial charge in [0, 0.05) is 17.3 Å². The summed E-state index contributed by atoms with van der Waals surface area (Å²) < 4.78 is 0. The van der Waals surface area contributed by atoms with Crippen LogP contribution in [0.25, 0.3) is 0 Å². The molecule has 0 bridgehead atoms. The lowest BCUT2D eigenvalue weighted by Gasteiger charge is -2.10. The van der Waals surface area contributed by atoms with Crippen LogP contribution in [0.1, 0.15) is 15.9 Å². The summed E-state index contributed by atoms with van der Waals surface area (Å²) in [7, 11) is 0. The molecule has 2 rings (SSSR count). The third-order valence-corrected chi connectivity index (χ3v) is 3.52. The van der Waals surface area contributed by atoms with E-state index in [9.17, 15) is 4.79 Å². The number of amides is 1. The molecule has 0 saturated heterocycles. The second-order valence-electron chi connectivity index (χ2n) is 4.04. The summed E-state index contributed by atoms with van der Waals surface area (Å²) in [5, 5.41) is 11.6. The molecule has 5 heteroatoms. The number of aliphatic hydroxyl groups is 1. The zero-order chi connectivity index (χ0) is 15.1. The van der Waals surface area contributed by atoms with E-state index in [0.29, 0.717) is 11.1 Å². The summed E-state index contributed by atoms with van der Waals surface area (Å²) in [4.78, 5) is 17.3. The number of anilines is 1. The van der Waals surface area contributed by atoms with Gasteiger partial charge in [-0.05, 0) is 24.5 Å². The van der Waals surface area contributed by atoms with E-state index in [-0.39, 0.29) is 12.5 Å². The average molecular weight is 298 g/mol. The van der Waals surface area contributed by atoms with E-state index in [1.165, 1.54) is 6.20 Å². The molecule has 1 aromatic carbocycles. The molecular weight excluding hydrogens is 284 g/mol. The highest BCUT2D eigenvalue weighted by molar-refractivity contribution is 7.98. The Bertz CT molecular complexity index is 705. The van der Waals surface area contributed by atoms with Gasteiger partial charge in [-0.3, -0.25) is 9.78 Å². The molecule has 0 unspecified atom stereocenters. The van der Waals surface area contributed by atoms with Crippen molar-refractivity contribution in [3.05, 3.63) is 53.9 Å². The van der Waals surface area contributed by atoms with Gasteiger partial charge in [0.05, 0.1) is 16.8 Å². The molecule has 0 radical (unpaired) electrons. The van der Waals surface area contributed by atoms with Gasteiger partial charge < -0.3 is 10.4 Å². The van der Waals surface area contributed by atoms with Crippen LogP contribution in [0.2, 0.25) is 0 Å². The number of carbonyl (C=O) groups is 1. The molecule has 4 nitrogen and oxygen atoms in total. The largest absolute Gasteiger partial charge is 0.384 e. The van der Waals surface area contributed by atoms with Gasteiger partial charge in [-0.15, -0.1) is 11.8 Å².